The van der Waals surface area contributed by atoms with Gasteiger partial charge < -0.3 is 14.6 Å². The Morgan fingerprint density at radius 1 is 1.10 bits per heavy atom. The van der Waals surface area contributed by atoms with Crippen molar-refractivity contribution in [2.45, 2.75) is 19.5 Å². The number of hydrogen-bond donors (Lipinski definition) is 1. The van der Waals surface area contributed by atoms with Gasteiger partial charge in [-0.05, 0) is 55.0 Å². The number of amides is 1. The number of nitrogens with zero attached hydrogens (tertiary/aromatic N) is 2. The first-order chi connectivity index (χ1) is 14.5. The topological polar surface area (TPSA) is 56.1 Å². The summed E-state index contributed by atoms with van der Waals surface area (Å²) in [5.41, 5.74) is 3.68. The molecule has 4 aromatic rings. The van der Waals surface area contributed by atoms with E-state index in [-0.39, 0.29) is 11.9 Å². The largest absolute Gasteiger partial charge is 0.497 e. The highest BCUT2D eigenvalue weighted by Crippen LogP contribution is 2.23. The maximum Gasteiger partial charge on any atom is 0.251 e. The van der Waals surface area contributed by atoms with Crippen LogP contribution in [0.4, 0.5) is 0 Å². The summed E-state index contributed by atoms with van der Waals surface area (Å²) in [4.78, 5) is 17.6. The molecule has 0 aliphatic rings. The van der Waals surface area contributed by atoms with Gasteiger partial charge in [0, 0.05) is 16.6 Å². The highest BCUT2D eigenvalue weighted by Gasteiger charge is 2.19. The predicted octanol–water partition coefficient (Wildman–Crippen LogP) is 5.35. The first kappa shape index (κ1) is 20.2. The number of hydrogen-bond acceptors (Lipinski definition) is 3. The third-order valence-corrected chi connectivity index (χ3v) is 5.50. The van der Waals surface area contributed by atoms with Crippen LogP contribution >= 0.6 is 15.9 Å². The highest BCUT2D eigenvalue weighted by molar-refractivity contribution is 9.10. The van der Waals surface area contributed by atoms with E-state index in [0.29, 0.717) is 12.1 Å². The van der Waals surface area contributed by atoms with Crippen LogP contribution in [0.5, 0.6) is 5.75 Å². The molecule has 0 radical (unpaired) electrons. The number of methoxy groups -OCH3 is 1. The molecule has 1 unspecified atom stereocenters. The van der Waals surface area contributed by atoms with E-state index in [0.717, 1.165) is 32.6 Å². The van der Waals surface area contributed by atoms with Crippen molar-refractivity contribution in [1.29, 1.82) is 0 Å². The fraction of sp³-hybridized carbons (Fsp3) is 0.167. The summed E-state index contributed by atoms with van der Waals surface area (Å²) in [6.07, 6.45) is 0. The minimum atomic E-state index is -0.262. The van der Waals surface area contributed by atoms with Crippen LogP contribution < -0.4 is 10.1 Å². The maximum atomic E-state index is 12.8. The summed E-state index contributed by atoms with van der Waals surface area (Å²) in [5.74, 6) is 1.51. The van der Waals surface area contributed by atoms with E-state index in [1.165, 1.54) is 0 Å². The third-order valence-electron chi connectivity index (χ3n) is 5.01. The molecule has 3 aromatic carbocycles. The fourth-order valence-corrected chi connectivity index (χ4v) is 3.88. The van der Waals surface area contributed by atoms with Gasteiger partial charge in [-0.3, -0.25) is 4.79 Å². The molecular weight excluding hydrogens is 442 g/mol. The molecule has 0 fully saturated rings. The zero-order chi connectivity index (χ0) is 21.1. The SMILES string of the molecule is COc1ccc(Cn2c(C(C)NC(=O)c3cccc(Br)c3)nc3ccccc32)cc1. The Balaban J connectivity index is 1.65. The molecule has 0 aliphatic heterocycles. The van der Waals surface area contributed by atoms with Crippen LogP contribution in [-0.2, 0) is 6.54 Å². The summed E-state index contributed by atoms with van der Waals surface area (Å²) in [6.45, 7) is 2.61. The van der Waals surface area contributed by atoms with E-state index in [4.69, 9.17) is 9.72 Å². The number of imidazole rings is 1. The lowest BCUT2D eigenvalue weighted by Gasteiger charge is -2.17. The van der Waals surface area contributed by atoms with Gasteiger partial charge >= 0.3 is 0 Å². The number of rotatable bonds is 6. The average Bonchev–Trinajstić information content (AvgIpc) is 3.13. The van der Waals surface area contributed by atoms with Crippen molar-refractivity contribution in [1.82, 2.24) is 14.9 Å². The van der Waals surface area contributed by atoms with Crippen molar-refractivity contribution >= 4 is 32.9 Å². The second-order valence-electron chi connectivity index (χ2n) is 7.10. The standard InChI is InChI=1S/C24H22BrN3O2/c1-16(26-24(29)18-6-5-7-19(25)14-18)23-27-21-8-3-4-9-22(21)28(23)15-17-10-12-20(30-2)13-11-17/h3-14,16H,15H2,1-2H3,(H,26,29). The summed E-state index contributed by atoms with van der Waals surface area (Å²) in [5, 5.41) is 3.08. The van der Waals surface area contributed by atoms with Crippen molar-refractivity contribution in [3.8, 4) is 5.75 Å². The molecule has 30 heavy (non-hydrogen) atoms. The average molecular weight is 464 g/mol. The van der Waals surface area contributed by atoms with Gasteiger partial charge in [-0.1, -0.05) is 46.3 Å². The molecule has 1 heterocycles. The lowest BCUT2D eigenvalue weighted by Crippen LogP contribution is -2.28. The normalized spacial score (nSPS) is 12.0. The first-order valence-corrected chi connectivity index (χ1v) is 10.5. The van der Waals surface area contributed by atoms with Gasteiger partial charge in [0.05, 0.1) is 24.2 Å². The number of aromatic nitrogens is 2. The van der Waals surface area contributed by atoms with Gasteiger partial charge in [0.2, 0.25) is 0 Å². The van der Waals surface area contributed by atoms with Crippen LogP contribution in [0.3, 0.4) is 0 Å². The molecule has 6 heteroatoms. The van der Waals surface area contributed by atoms with E-state index >= 15 is 0 Å². The fourth-order valence-electron chi connectivity index (χ4n) is 3.48. The van der Waals surface area contributed by atoms with E-state index in [1.807, 2.05) is 67.6 Å². The molecule has 152 valence electrons. The summed E-state index contributed by atoms with van der Waals surface area (Å²) in [7, 11) is 1.66. The monoisotopic (exact) mass is 463 g/mol. The summed E-state index contributed by atoms with van der Waals surface area (Å²) in [6, 6.07) is 23.1. The molecular formula is C24H22BrN3O2. The molecule has 0 aliphatic carbocycles. The molecule has 5 nitrogen and oxygen atoms in total. The van der Waals surface area contributed by atoms with E-state index in [1.54, 1.807) is 13.2 Å². The van der Waals surface area contributed by atoms with Crippen LogP contribution in [-0.4, -0.2) is 22.6 Å². The molecule has 1 N–H and O–H groups in total. The van der Waals surface area contributed by atoms with Gasteiger partial charge in [-0.15, -0.1) is 0 Å². The molecule has 0 saturated carbocycles. The van der Waals surface area contributed by atoms with Gasteiger partial charge in [-0.2, -0.15) is 0 Å². The number of nitrogens with one attached hydrogen (secondary N) is 1. The molecule has 0 spiro atoms. The predicted molar refractivity (Wildman–Crippen MR) is 122 cm³/mol. The second-order valence-corrected chi connectivity index (χ2v) is 8.01. The van der Waals surface area contributed by atoms with E-state index < -0.39 is 0 Å². The minimum absolute atomic E-state index is 0.133. The lowest BCUT2D eigenvalue weighted by atomic mass is 10.2. The zero-order valence-electron chi connectivity index (χ0n) is 16.8. The Morgan fingerprint density at radius 2 is 1.87 bits per heavy atom. The van der Waals surface area contributed by atoms with E-state index in [9.17, 15) is 4.79 Å². The van der Waals surface area contributed by atoms with Crippen molar-refractivity contribution in [2.24, 2.45) is 0 Å². The minimum Gasteiger partial charge on any atom is -0.497 e. The van der Waals surface area contributed by atoms with Gasteiger partial charge in [0.15, 0.2) is 0 Å². The Kier molecular flexibility index (Phi) is 5.86. The van der Waals surface area contributed by atoms with E-state index in [2.05, 4.69) is 31.9 Å². The molecule has 1 aromatic heterocycles. The Hall–Kier alpha value is -3.12. The maximum absolute atomic E-state index is 12.8. The van der Waals surface area contributed by atoms with Crippen LogP contribution in [0.1, 0.15) is 34.7 Å². The van der Waals surface area contributed by atoms with Crippen LogP contribution in [0.25, 0.3) is 11.0 Å². The highest BCUT2D eigenvalue weighted by atomic mass is 79.9. The Labute approximate surface area is 183 Å². The van der Waals surface area contributed by atoms with Crippen LogP contribution in [0.2, 0.25) is 0 Å². The number of benzene rings is 3. The van der Waals surface area contributed by atoms with Crippen LogP contribution in [0.15, 0.2) is 77.3 Å². The smallest absolute Gasteiger partial charge is 0.251 e. The number of fused-ring (bicyclic) bond motifs is 1. The van der Waals surface area contributed by atoms with Crippen molar-refractivity contribution in [3.05, 3.63) is 94.2 Å². The van der Waals surface area contributed by atoms with Gasteiger partial charge in [-0.25, -0.2) is 4.98 Å². The number of carbonyl (C=O) groups is 1. The Morgan fingerprint density at radius 3 is 2.60 bits per heavy atom. The van der Waals surface area contributed by atoms with Crippen molar-refractivity contribution < 1.29 is 9.53 Å². The van der Waals surface area contributed by atoms with Crippen molar-refractivity contribution in [3.63, 3.8) is 0 Å². The number of para-hydroxylation sites is 2. The first-order valence-electron chi connectivity index (χ1n) is 9.69. The molecule has 0 bridgehead atoms. The van der Waals surface area contributed by atoms with Crippen molar-refractivity contribution in [2.75, 3.05) is 7.11 Å². The summed E-state index contributed by atoms with van der Waals surface area (Å²) < 4.78 is 8.29. The molecule has 4 rings (SSSR count). The second kappa shape index (κ2) is 8.71. The summed E-state index contributed by atoms with van der Waals surface area (Å²) >= 11 is 3.42. The number of halogens is 1. The zero-order valence-corrected chi connectivity index (χ0v) is 18.4. The number of carbonyl (C=O) groups excluding carboxylic acids is 1. The quantitative estimate of drug-likeness (QED) is 0.419. The van der Waals surface area contributed by atoms with Crippen LogP contribution in [0, 0.1) is 0 Å². The van der Waals surface area contributed by atoms with Gasteiger partial charge in [0.1, 0.15) is 11.6 Å². The lowest BCUT2D eigenvalue weighted by molar-refractivity contribution is 0.0937. The number of ether oxygens (including phenoxy) is 1. The van der Waals surface area contributed by atoms with Gasteiger partial charge in [0.25, 0.3) is 5.91 Å². The molecule has 0 saturated heterocycles. The molecule has 1 atom stereocenters. The third kappa shape index (κ3) is 4.24. The Bertz CT molecular complexity index is 1180. The molecule has 1 amide bonds.